The Hall–Kier alpha value is -1.84. The lowest BCUT2D eigenvalue weighted by Gasteiger charge is -2.20. The van der Waals surface area contributed by atoms with E-state index in [0.717, 1.165) is 11.3 Å². The summed E-state index contributed by atoms with van der Waals surface area (Å²) in [4.78, 5) is 24.7. The first-order valence-corrected chi connectivity index (χ1v) is 6.58. The Morgan fingerprint density at radius 3 is 2.63 bits per heavy atom. The minimum absolute atomic E-state index is 0.101. The van der Waals surface area contributed by atoms with Crippen LogP contribution >= 0.6 is 0 Å². The molecule has 0 atom stereocenters. The zero-order valence-electron chi connectivity index (χ0n) is 11.3. The average molecular weight is 261 g/mol. The smallest absolute Gasteiger partial charge is 0.303 e. The van der Waals surface area contributed by atoms with Gasteiger partial charge >= 0.3 is 5.97 Å². The SMILES string of the molecule is CC1(C)C(=O)N(CCCCC(=O)O)c2ccccc21. The van der Waals surface area contributed by atoms with Gasteiger partial charge in [-0.05, 0) is 38.3 Å². The molecule has 0 spiro atoms. The van der Waals surface area contributed by atoms with Crippen LogP contribution < -0.4 is 4.90 Å². The Morgan fingerprint density at radius 1 is 1.26 bits per heavy atom. The van der Waals surface area contributed by atoms with Gasteiger partial charge in [0, 0.05) is 18.7 Å². The van der Waals surface area contributed by atoms with Crippen LogP contribution in [0, 0.1) is 0 Å². The van der Waals surface area contributed by atoms with E-state index in [1.807, 2.05) is 38.1 Å². The van der Waals surface area contributed by atoms with E-state index in [2.05, 4.69) is 0 Å². The number of anilines is 1. The highest BCUT2D eigenvalue weighted by Gasteiger charge is 2.43. The maximum Gasteiger partial charge on any atom is 0.303 e. The fourth-order valence-corrected chi connectivity index (χ4v) is 2.57. The Labute approximate surface area is 113 Å². The van der Waals surface area contributed by atoms with E-state index in [-0.39, 0.29) is 12.3 Å². The van der Waals surface area contributed by atoms with E-state index >= 15 is 0 Å². The van der Waals surface area contributed by atoms with Crippen molar-refractivity contribution in [2.24, 2.45) is 0 Å². The van der Waals surface area contributed by atoms with Crippen molar-refractivity contribution in [2.75, 3.05) is 11.4 Å². The third-order valence-electron chi connectivity index (χ3n) is 3.67. The van der Waals surface area contributed by atoms with Crippen molar-refractivity contribution >= 4 is 17.6 Å². The van der Waals surface area contributed by atoms with Crippen LogP contribution in [0.25, 0.3) is 0 Å². The normalized spacial score (nSPS) is 16.5. The van der Waals surface area contributed by atoms with Crippen LogP contribution in [0.4, 0.5) is 5.69 Å². The summed E-state index contributed by atoms with van der Waals surface area (Å²) in [5, 5.41) is 8.62. The fourth-order valence-electron chi connectivity index (χ4n) is 2.57. The monoisotopic (exact) mass is 261 g/mol. The van der Waals surface area contributed by atoms with Crippen molar-refractivity contribution in [3.8, 4) is 0 Å². The molecule has 0 saturated carbocycles. The maximum atomic E-state index is 12.4. The number of para-hydroxylation sites is 1. The van der Waals surface area contributed by atoms with Crippen LogP contribution in [0.5, 0.6) is 0 Å². The first-order chi connectivity index (χ1) is 8.94. The van der Waals surface area contributed by atoms with Gasteiger partial charge in [-0.25, -0.2) is 0 Å². The Balaban J connectivity index is 2.10. The van der Waals surface area contributed by atoms with Gasteiger partial charge in [0.25, 0.3) is 0 Å². The van der Waals surface area contributed by atoms with Crippen molar-refractivity contribution in [2.45, 2.75) is 38.5 Å². The lowest BCUT2D eigenvalue weighted by atomic mass is 9.86. The van der Waals surface area contributed by atoms with Crippen LogP contribution in [-0.4, -0.2) is 23.5 Å². The van der Waals surface area contributed by atoms with E-state index in [9.17, 15) is 9.59 Å². The second-order valence-electron chi connectivity index (χ2n) is 5.45. The van der Waals surface area contributed by atoms with Gasteiger partial charge in [0.2, 0.25) is 5.91 Å². The Morgan fingerprint density at radius 2 is 1.95 bits per heavy atom. The van der Waals surface area contributed by atoms with Crippen LogP contribution in [-0.2, 0) is 15.0 Å². The van der Waals surface area contributed by atoms with Gasteiger partial charge < -0.3 is 10.0 Å². The highest BCUT2D eigenvalue weighted by Crippen LogP contribution is 2.41. The zero-order chi connectivity index (χ0) is 14.0. The van der Waals surface area contributed by atoms with E-state index in [0.29, 0.717) is 19.4 Å². The molecule has 4 nitrogen and oxygen atoms in total. The zero-order valence-corrected chi connectivity index (χ0v) is 11.3. The largest absolute Gasteiger partial charge is 0.481 e. The molecule has 0 fully saturated rings. The van der Waals surface area contributed by atoms with Gasteiger partial charge in [0.15, 0.2) is 0 Å². The maximum absolute atomic E-state index is 12.4. The number of aliphatic carboxylic acids is 1. The minimum Gasteiger partial charge on any atom is -0.481 e. The van der Waals surface area contributed by atoms with E-state index in [4.69, 9.17) is 5.11 Å². The van der Waals surface area contributed by atoms with Gasteiger partial charge in [-0.15, -0.1) is 0 Å². The number of hydrogen-bond donors (Lipinski definition) is 1. The van der Waals surface area contributed by atoms with Crippen molar-refractivity contribution in [3.63, 3.8) is 0 Å². The molecule has 0 aliphatic carbocycles. The number of unbranched alkanes of at least 4 members (excludes halogenated alkanes) is 1. The summed E-state index contributed by atoms with van der Waals surface area (Å²) in [5.41, 5.74) is 1.54. The molecule has 1 heterocycles. The van der Waals surface area contributed by atoms with Gasteiger partial charge in [0.05, 0.1) is 5.41 Å². The topological polar surface area (TPSA) is 57.6 Å². The summed E-state index contributed by atoms with van der Waals surface area (Å²) in [7, 11) is 0. The van der Waals surface area contributed by atoms with Crippen LogP contribution in [0.15, 0.2) is 24.3 Å². The highest BCUT2D eigenvalue weighted by molar-refractivity contribution is 6.07. The minimum atomic E-state index is -0.784. The lowest BCUT2D eigenvalue weighted by molar-refractivity contribution is -0.137. The molecule has 0 aromatic heterocycles. The first-order valence-electron chi connectivity index (χ1n) is 6.58. The summed E-state index contributed by atoms with van der Waals surface area (Å²) in [6.45, 7) is 4.46. The number of hydrogen-bond acceptors (Lipinski definition) is 2. The molecule has 102 valence electrons. The molecule has 0 radical (unpaired) electrons. The third kappa shape index (κ3) is 2.48. The van der Waals surface area contributed by atoms with E-state index in [1.165, 1.54) is 0 Å². The van der Waals surface area contributed by atoms with Gasteiger partial charge in [-0.1, -0.05) is 18.2 Å². The van der Waals surface area contributed by atoms with Crippen LogP contribution in [0.1, 0.15) is 38.7 Å². The number of nitrogens with zero attached hydrogens (tertiary/aromatic N) is 1. The molecule has 0 unspecified atom stereocenters. The standard InChI is InChI=1S/C15H19NO3/c1-15(2)11-7-3-4-8-12(11)16(14(15)19)10-6-5-9-13(17)18/h3-4,7-8H,5-6,9-10H2,1-2H3,(H,17,18). The first kappa shape index (κ1) is 13.6. The fraction of sp³-hybridized carbons (Fsp3) is 0.467. The lowest BCUT2D eigenvalue weighted by Crippen LogP contribution is -2.36. The number of rotatable bonds is 5. The summed E-state index contributed by atoms with van der Waals surface area (Å²) in [5.74, 6) is -0.683. The molecular formula is C15H19NO3. The summed E-state index contributed by atoms with van der Waals surface area (Å²) < 4.78 is 0. The van der Waals surface area contributed by atoms with E-state index in [1.54, 1.807) is 4.90 Å². The molecule has 1 amide bonds. The predicted octanol–water partition coefficient (Wildman–Crippen LogP) is 2.57. The van der Waals surface area contributed by atoms with Gasteiger partial charge in [0.1, 0.15) is 0 Å². The quantitative estimate of drug-likeness (QED) is 0.829. The number of benzene rings is 1. The number of fused-ring (bicyclic) bond motifs is 1. The Bertz CT molecular complexity index is 508. The molecular weight excluding hydrogens is 242 g/mol. The van der Waals surface area contributed by atoms with Crippen molar-refractivity contribution in [3.05, 3.63) is 29.8 Å². The van der Waals surface area contributed by atoms with Gasteiger partial charge in [-0.3, -0.25) is 9.59 Å². The van der Waals surface area contributed by atoms with Gasteiger partial charge in [-0.2, -0.15) is 0 Å². The van der Waals surface area contributed by atoms with Crippen molar-refractivity contribution in [1.82, 2.24) is 0 Å². The molecule has 2 rings (SSSR count). The summed E-state index contributed by atoms with van der Waals surface area (Å²) >= 11 is 0. The summed E-state index contributed by atoms with van der Waals surface area (Å²) in [6, 6.07) is 7.82. The molecule has 1 aliphatic rings. The second kappa shape index (κ2) is 5.03. The van der Waals surface area contributed by atoms with E-state index < -0.39 is 11.4 Å². The Kier molecular flexibility index (Phi) is 3.60. The molecule has 0 saturated heterocycles. The number of amides is 1. The number of carboxylic acid groups (broad SMARTS) is 1. The van der Waals surface area contributed by atoms with Crippen molar-refractivity contribution in [1.29, 1.82) is 0 Å². The third-order valence-corrected chi connectivity index (χ3v) is 3.67. The molecule has 1 N–H and O–H groups in total. The summed E-state index contributed by atoms with van der Waals surface area (Å²) in [6.07, 6.45) is 1.47. The number of carbonyl (C=O) groups excluding carboxylic acids is 1. The molecule has 0 bridgehead atoms. The number of carbonyl (C=O) groups is 2. The van der Waals surface area contributed by atoms with Crippen LogP contribution in [0.2, 0.25) is 0 Å². The highest BCUT2D eigenvalue weighted by atomic mass is 16.4. The number of carboxylic acids is 1. The predicted molar refractivity (Wildman–Crippen MR) is 73.3 cm³/mol. The second-order valence-corrected chi connectivity index (χ2v) is 5.45. The molecule has 4 heteroatoms. The molecule has 1 aromatic rings. The van der Waals surface area contributed by atoms with Crippen molar-refractivity contribution < 1.29 is 14.7 Å². The van der Waals surface area contributed by atoms with Crippen LogP contribution in [0.3, 0.4) is 0 Å². The molecule has 1 aromatic carbocycles. The molecule has 1 aliphatic heterocycles. The molecule has 19 heavy (non-hydrogen) atoms. The average Bonchev–Trinajstić information content (AvgIpc) is 2.55.